The molecule has 64 valence electrons. The zero-order valence-electron chi connectivity index (χ0n) is 7.46. The number of ether oxygens (including phenoxy) is 1. The molecule has 0 fully saturated rings. The Balaban J connectivity index is 3.96. The molecule has 0 amide bonds. The van der Waals surface area contributed by atoms with Gasteiger partial charge in [0.2, 0.25) is 0 Å². The summed E-state index contributed by atoms with van der Waals surface area (Å²) in [4.78, 5) is 0. The molecule has 3 heteroatoms. The number of hydrogen-bond donors (Lipinski definition) is 1. The summed E-state index contributed by atoms with van der Waals surface area (Å²) in [6.07, 6.45) is -0.840. The standard InChI is InChI=1S/C8H15NO2/c1-6(10)7(2)11-8(3,4)5-9/h6-7,10H,1-4H3. The van der Waals surface area contributed by atoms with Gasteiger partial charge in [-0.3, -0.25) is 0 Å². The van der Waals surface area contributed by atoms with Gasteiger partial charge in [0.1, 0.15) is 5.60 Å². The molecule has 0 aliphatic heterocycles. The Morgan fingerprint density at radius 1 is 1.45 bits per heavy atom. The van der Waals surface area contributed by atoms with E-state index in [9.17, 15) is 0 Å². The van der Waals surface area contributed by atoms with E-state index < -0.39 is 11.7 Å². The Morgan fingerprint density at radius 3 is 2.18 bits per heavy atom. The van der Waals surface area contributed by atoms with Crippen molar-refractivity contribution in [2.75, 3.05) is 0 Å². The van der Waals surface area contributed by atoms with Crippen LogP contribution in [-0.4, -0.2) is 22.9 Å². The maximum Gasteiger partial charge on any atom is 0.149 e. The quantitative estimate of drug-likeness (QED) is 0.666. The van der Waals surface area contributed by atoms with E-state index in [-0.39, 0.29) is 6.10 Å². The van der Waals surface area contributed by atoms with Crippen LogP contribution < -0.4 is 0 Å². The normalized spacial score (nSPS) is 17.1. The minimum atomic E-state index is -0.809. The summed E-state index contributed by atoms with van der Waals surface area (Å²) in [7, 11) is 0. The van der Waals surface area contributed by atoms with Gasteiger partial charge in [0, 0.05) is 0 Å². The monoisotopic (exact) mass is 157 g/mol. The summed E-state index contributed by atoms with van der Waals surface area (Å²) in [5.41, 5.74) is -0.809. The van der Waals surface area contributed by atoms with Gasteiger partial charge < -0.3 is 9.84 Å². The van der Waals surface area contributed by atoms with Crippen molar-refractivity contribution in [1.29, 1.82) is 5.26 Å². The number of aliphatic hydroxyl groups is 1. The summed E-state index contributed by atoms with van der Waals surface area (Å²) in [6, 6.07) is 1.99. The summed E-state index contributed by atoms with van der Waals surface area (Å²) in [5.74, 6) is 0. The zero-order valence-corrected chi connectivity index (χ0v) is 7.46. The van der Waals surface area contributed by atoms with Gasteiger partial charge in [0.25, 0.3) is 0 Å². The fraction of sp³-hybridized carbons (Fsp3) is 0.875. The minimum Gasteiger partial charge on any atom is -0.391 e. The van der Waals surface area contributed by atoms with E-state index in [4.69, 9.17) is 15.1 Å². The molecule has 0 aliphatic carbocycles. The lowest BCUT2D eigenvalue weighted by Gasteiger charge is -2.24. The summed E-state index contributed by atoms with van der Waals surface area (Å²) >= 11 is 0. The lowest BCUT2D eigenvalue weighted by Crippen LogP contribution is -2.33. The molecule has 0 saturated carbocycles. The van der Waals surface area contributed by atoms with Gasteiger partial charge >= 0.3 is 0 Å². The van der Waals surface area contributed by atoms with Crippen LogP contribution in [0.3, 0.4) is 0 Å². The van der Waals surface area contributed by atoms with E-state index in [1.54, 1.807) is 27.7 Å². The second-order valence-electron chi connectivity index (χ2n) is 3.19. The van der Waals surface area contributed by atoms with E-state index >= 15 is 0 Å². The Bertz CT molecular complexity index is 158. The average molecular weight is 157 g/mol. The zero-order chi connectivity index (χ0) is 9.07. The molecule has 0 aromatic rings. The third kappa shape index (κ3) is 3.97. The molecular weight excluding hydrogens is 142 g/mol. The maximum atomic E-state index is 9.05. The second kappa shape index (κ2) is 3.70. The molecule has 0 aromatic carbocycles. The van der Waals surface area contributed by atoms with E-state index in [1.165, 1.54) is 0 Å². The molecule has 2 unspecified atom stereocenters. The van der Waals surface area contributed by atoms with Gasteiger partial charge in [-0.05, 0) is 27.7 Å². The van der Waals surface area contributed by atoms with Crippen molar-refractivity contribution < 1.29 is 9.84 Å². The number of hydrogen-bond acceptors (Lipinski definition) is 3. The van der Waals surface area contributed by atoms with Crippen LogP contribution in [0.4, 0.5) is 0 Å². The van der Waals surface area contributed by atoms with Gasteiger partial charge in [-0.1, -0.05) is 0 Å². The van der Waals surface area contributed by atoms with Crippen molar-refractivity contribution in [3.05, 3.63) is 0 Å². The van der Waals surface area contributed by atoms with Crippen LogP contribution in [0.5, 0.6) is 0 Å². The van der Waals surface area contributed by atoms with Crippen molar-refractivity contribution in [2.24, 2.45) is 0 Å². The second-order valence-corrected chi connectivity index (χ2v) is 3.19. The molecule has 11 heavy (non-hydrogen) atoms. The molecule has 0 saturated heterocycles. The predicted molar refractivity (Wildman–Crippen MR) is 41.9 cm³/mol. The Kier molecular flexibility index (Phi) is 3.50. The van der Waals surface area contributed by atoms with Gasteiger partial charge in [-0.25, -0.2) is 0 Å². The molecule has 0 aromatic heterocycles. The van der Waals surface area contributed by atoms with E-state index in [0.29, 0.717) is 0 Å². The highest BCUT2D eigenvalue weighted by Crippen LogP contribution is 2.12. The van der Waals surface area contributed by atoms with Crippen LogP contribution in [0.15, 0.2) is 0 Å². The lowest BCUT2D eigenvalue weighted by molar-refractivity contribution is -0.0790. The van der Waals surface area contributed by atoms with Crippen molar-refractivity contribution in [1.82, 2.24) is 0 Å². The van der Waals surface area contributed by atoms with Crippen molar-refractivity contribution in [3.63, 3.8) is 0 Å². The van der Waals surface area contributed by atoms with E-state index in [0.717, 1.165) is 0 Å². The number of nitriles is 1. The summed E-state index contributed by atoms with van der Waals surface area (Å²) in [5, 5.41) is 17.6. The first-order valence-corrected chi connectivity index (χ1v) is 3.66. The number of nitrogens with zero attached hydrogens (tertiary/aromatic N) is 1. The molecule has 0 aliphatic rings. The van der Waals surface area contributed by atoms with E-state index in [2.05, 4.69) is 0 Å². The minimum absolute atomic E-state index is 0.301. The molecular formula is C8H15NO2. The summed E-state index contributed by atoms with van der Waals surface area (Å²) in [6.45, 7) is 6.72. The molecule has 3 nitrogen and oxygen atoms in total. The van der Waals surface area contributed by atoms with Crippen LogP contribution in [0.25, 0.3) is 0 Å². The molecule has 0 heterocycles. The Labute approximate surface area is 67.6 Å². The third-order valence-electron chi connectivity index (χ3n) is 1.43. The number of aliphatic hydroxyl groups excluding tert-OH is 1. The predicted octanol–water partition coefficient (Wildman–Crippen LogP) is 1.07. The SMILES string of the molecule is CC(O)C(C)OC(C)(C)C#N. The van der Waals surface area contributed by atoms with Gasteiger partial charge in [0.05, 0.1) is 18.3 Å². The Hall–Kier alpha value is -0.590. The summed E-state index contributed by atoms with van der Waals surface area (Å²) < 4.78 is 5.24. The Morgan fingerprint density at radius 2 is 1.91 bits per heavy atom. The highest BCUT2D eigenvalue weighted by Gasteiger charge is 2.22. The smallest absolute Gasteiger partial charge is 0.149 e. The molecule has 0 radical (unpaired) electrons. The van der Waals surface area contributed by atoms with Gasteiger partial charge in [-0.15, -0.1) is 0 Å². The highest BCUT2D eigenvalue weighted by atomic mass is 16.5. The third-order valence-corrected chi connectivity index (χ3v) is 1.43. The first-order valence-electron chi connectivity index (χ1n) is 3.66. The average Bonchev–Trinajstić information content (AvgIpc) is 1.87. The molecule has 0 bridgehead atoms. The van der Waals surface area contributed by atoms with Crippen molar-refractivity contribution in [3.8, 4) is 6.07 Å². The van der Waals surface area contributed by atoms with Crippen molar-refractivity contribution >= 4 is 0 Å². The lowest BCUT2D eigenvalue weighted by atomic mass is 10.1. The highest BCUT2D eigenvalue weighted by molar-refractivity contribution is 4.94. The van der Waals surface area contributed by atoms with Crippen LogP contribution >= 0.6 is 0 Å². The maximum absolute atomic E-state index is 9.05. The van der Waals surface area contributed by atoms with Crippen molar-refractivity contribution in [2.45, 2.75) is 45.5 Å². The molecule has 0 rings (SSSR count). The van der Waals surface area contributed by atoms with Crippen LogP contribution in [-0.2, 0) is 4.74 Å². The largest absolute Gasteiger partial charge is 0.391 e. The molecule has 1 N–H and O–H groups in total. The first kappa shape index (κ1) is 10.4. The number of rotatable bonds is 3. The fourth-order valence-corrected chi connectivity index (χ4v) is 0.590. The molecule has 0 spiro atoms. The first-order chi connectivity index (χ1) is 4.89. The van der Waals surface area contributed by atoms with Gasteiger partial charge in [-0.2, -0.15) is 5.26 Å². The van der Waals surface area contributed by atoms with Crippen LogP contribution in [0.2, 0.25) is 0 Å². The van der Waals surface area contributed by atoms with Crippen LogP contribution in [0, 0.1) is 11.3 Å². The van der Waals surface area contributed by atoms with E-state index in [1.807, 2.05) is 6.07 Å². The molecule has 2 atom stereocenters. The topological polar surface area (TPSA) is 53.2 Å². The van der Waals surface area contributed by atoms with Crippen LogP contribution in [0.1, 0.15) is 27.7 Å². The van der Waals surface area contributed by atoms with Gasteiger partial charge in [0.15, 0.2) is 0 Å². The fourth-order valence-electron chi connectivity index (χ4n) is 0.590.